The van der Waals surface area contributed by atoms with Crippen molar-refractivity contribution in [1.82, 2.24) is 0 Å². The van der Waals surface area contributed by atoms with E-state index in [2.05, 4.69) is 32.3 Å². The first-order chi connectivity index (χ1) is 5.95. The van der Waals surface area contributed by atoms with Crippen LogP contribution in [0.4, 0.5) is 0 Å². The third kappa shape index (κ3) is 4.01. The van der Waals surface area contributed by atoms with Crippen molar-refractivity contribution in [2.75, 3.05) is 0 Å². The van der Waals surface area contributed by atoms with Crippen LogP contribution in [-0.2, 0) is 18.6 Å². The van der Waals surface area contributed by atoms with Gasteiger partial charge in [0, 0.05) is 5.57 Å². The Bertz CT molecular complexity index is 276. The second kappa shape index (κ2) is 4.95. The van der Waals surface area contributed by atoms with E-state index in [1.165, 1.54) is 6.92 Å². The third-order valence-corrected chi connectivity index (χ3v) is 2.76. The van der Waals surface area contributed by atoms with Crippen LogP contribution in [0.15, 0.2) is 16.8 Å². The second-order valence-electron chi connectivity index (χ2n) is 2.01. The SMILES string of the molecule is C=C(C)C(=O)O[Si](S)(N=C=O)OO. The molecule has 0 bridgehead atoms. The molecule has 0 aromatic rings. The molecule has 0 aromatic carbocycles. The van der Waals surface area contributed by atoms with Crippen LogP contribution >= 0.6 is 12.1 Å². The number of nitrogens with zero attached hydrogens (tertiary/aromatic N) is 1. The van der Waals surface area contributed by atoms with Crippen molar-refractivity contribution in [3.8, 4) is 0 Å². The second-order valence-corrected chi connectivity index (χ2v) is 5.42. The number of hydrogen-bond donors (Lipinski definition) is 2. The van der Waals surface area contributed by atoms with Gasteiger partial charge in [0.2, 0.25) is 6.08 Å². The summed E-state index contributed by atoms with van der Waals surface area (Å²) < 4.78 is 11.1. The smallest absolute Gasteiger partial charge is 0.465 e. The van der Waals surface area contributed by atoms with E-state index in [0.717, 1.165) is 6.08 Å². The van der Waals surface area contributed by atoms with Gasteiger partial charge in [-0.15, -0.1) is 12.1 Å². The van der Waals surface area contributed by atoms with Crippen molar-refractivity contribution in [1.29, 1.82) is 0 Å². The molecule has 13 heavy (non-hydrogen) atoms. The lowest BCUT2D eigenvalue weighted by Crippen LogP contribution is -2.36. The van der Waals surface area contributed by atoms with Crippen LogP contribution in [0.3, 0.4) is 0 Å². The monoisotopic (exact) mass is 221 g/mol. The minimum Gasteiger partial charge on any atom is -0.465 e. The lowest BCUT2D eigenvalue weighted by atomic mass is 10.4. The molecule has 1 atom stereocenters. The maximum Gasteiger partial charge on any atom is 0.651 e. The molecule has 0 aliphatic carbocycles. The molecule has 0 saturated carbocycles. The highest BCUT2D eigenvalue weighted by Gasteiger charge is 2.41. The number of carbonyl (C=O) groups excluding carboxylic acids is 2. The van der Waals surface area contributed by atoms with Crippen LogP contribution in [0, 0.1) is 0 Å². The van der Waals surface area contributed by atoms with Gasteiger partial charge < -0.3 is 4.43 Å². The summed E-state index contributed by atoms with van der Waals surface area (Å²) in [6.07, 6.45) is 1.07. The van der Waals surface area contributed by atoms with Gasteiger partial charge in [-0.05, 0) is 6.92 Å². The maximum absolute atomic E-state index is 10.9. The lowest BCUT2D eigenvalue weighted by molar-refractivity contribution is -0.169. The summed E-state index contributed by atoms with van der Waals surface area (Å²) in [6, 6.07) is 0. The van der Waals surface area contributed by atoms with Gasteiger partial charge in [0.25, 0.3) is 0 Å². The molecule has 0 fully saturated rings. The summed E-state index contributed by atoms with van der Waals surface area (Å²) >= 11 is 3.59. The Hall–Kier alpha value is -0.923. The molecular weight excluding hydrogens is 214 g/mol. The van der Waals surface area contributed by atoms with Crippen molar-refractivity contribution in [2.45, 2.75) is 6.92 Å². The van der Waals surface area contributed by atoms with E-state index in [9.17, 15) is 9.59 Å². The Labute approximate surface area is 80.2 Å². The van der Waals surface area contributed by atoms with Gasteiger partial charge in [0.15, 0.2) is 0 Å². The van der Waals surface area contributed by atoms with Gasteiger partial charge in [-0.2, -0.15) is 4.66 Å². The highest BCUT2D eigenvalue weighted by atomic mass is 32.3. The van der Waals surface area contributed by atoms with Gasteiger partial charge in [-0.25, -0.2) is 14.2 Å². The predicted octanol–water partition coefficient (Wildman–Crippen LogP) is 0.296. The van der Waals surface area contributed by atoms with Gasteiger partial charge in [0.1, 0.15) is 0 Å². The maximum atomic E-state index is 10.9. The van der Waals surface area contributed by atoms with Crippen LogP contribution in [0.25, 0.3) is 0 Å². The summed E-state index contributed by atoms with van der Waals surface area (Å²) in [4.78, 5) is 20.7. The van der Waals surface area contributed by atoms with Crippen LogP contribution in [0.5, 0.6) is 0 Å². The van der Waals surface area contributed by atoms with Gasteiger partial charge in [-0.1, -0.05) is 6.58 Å². The zero-order chi connectivity index (χ0) is 10.5. The van der Waals surface area contributed by atoms with Gasteiger partial charge in [0.05, 0.1) is 0 Å². The molecule has 0 aromatic heterocycles. The normalized spacial score (nSPS) is 13.8. The minimum atomic E-state index is -3.81. The highest BCUT2D eigenvalue weighted by Crippen LogP contribution is 2.13. The summed E-state index contributed by atoms with van der Waals surface area (Å²) in [5.41, 5.74) is 0.0732. The molecule has 0 amide bonds. The fourth-order valence-corrected chi connectivity index (χ4v) is 1.35. The highest BCUT2D eigenvalue weighted by molar-refractivity contribution is 8.12. The summed E-state index contributed by atoms with van der Waals surface area (Å²) in [6.45, 7) is 4.65. The zero-order valence-electron chi connectivity index (χ0n) is 6.68. The molecule has 0 aliphatic heterocycles. The number of carbonyl (C=O) groups is 1. The molecular formula is C5H7NO5SSi. The van der Waals surface area contributed by atoms with E-state index in [1.54, 1.807) is 0 Å². The standard InChI is InChI=1S/C5H7NO5SSi/c1-4(2)5(8)10-13(12,11-9)6-3-7/h9,12H,1H2,2H3. The third-order valence-electron chi connectivity index (χ3n) is 0.880. The Balaban J connectivity index is 4.53. The van der Waals surface area contributed by atoms with Crippen molar-refractivity contribution in [3.63, 3.8) is 0 Å². The van der Waals surface area contributed by atoms with Gasteiger partial charge >= 0.3 is 13.8 Å². The van der Waals surface area contributed by atoms with Gasteiger partial charge in [-0.3, -0.25) is 5.26 Å². The molecule has 0 saturated heterocycles. The molecule has 0 heterocycles. The van der Waals surface area contributed by atoms with Crippen LogP contribution in [0.1, 0.15) is 6.92 Å². The molecule has 0 aliphatic rings. The Morgan fingerprint density at radius 1 is 1.77 bits per heavy atom. The molecule has 1 N–H and O–H groups in total. The van der Waals surface area contributed by atoms with Crippen molar-refractivity contribution in [3.05, 3.63) is 12.2 Å². The quantitative estimate of drug-likeness (QED) is 0.136. The van der Waals surface area contributed by atoms with E-state index >= 15 is 0 Å². The molecule has 0 rings (SSSR count). The van der Waals surface area contributed by atoms with E-state index < -0.39 is 13.8 Å². The average molecular weight is 221 g/mol. The van der Waals surface area contributed by atoms with Crippen LogP contribution in [0.2, 0.25) is 0 Å². The zero-order valence-corrected chi connectivity index (χ0v) is 8.58. The Morgan fingerprint density at radius 2 is 2.31 bits per heavy atom. The fraction of sp³-hybridized carbons (Fsp3) is 0.200. The summed E-state index contributed by atoms with van der Waals surface area (Å²) in [7, 11) is -3.81. The van der Waals surface area contributed by atoms with E-state index in [4.69, 9.17) is 5.26 Å². The largest absolute Gasteiger partial charge is 0.651 e. The van der Waals surface area contributed by atoms with Crippen LogP contribution < -0.4 is 0 Å². The molecule has 72 valence electrons. The number of rotatable bonds is 4. The number of isocyanates is 1. The van der Waals surface area contributed by atoms with E-state index in [-0.39, 0.29) is 5.57 Å². The van der Waals surface area contributed by atoms with E-state index in [1.807, 2.05) is 0 Å². The minimum absolute atomic E-state index is 0.0732. The molecule has 6 nitrogen and oxygen atoms in total. The van der Waals surface area contributed by atoms with Crippen molar-refractivity contribution < 1.29 is 23.8 Å². The lowest BCUT2D eigenvalue weighted by Gasteiger charge is -2.13. The summed E-state index contributed by atoms with van der Waals surface area (Å²) in [5, 5.41) is 8.25. The average Bonchev–Trinajstić information content (AvgIpc) is 2.04. The fourth-order valence-electron chi connectivity index (χ4n) is 0.327. The number of thiol groups is 1. The molecule has 0 spiro atoms. The molecule has 8 heteroatoms. The Kier molecular flexibility index (Phi) is 4.60. The van der Waals surface area contributed by atoms with E-state index in [0.29, 0.717) is 0 Å². The van der Waals surface area contributed by atoms with Crippen molar-refractivity contribution in [2.24, 2.45) is 4.66 Å². The first-order valence-electron chi connectivity index (χ1n) is 2.98. The predicted molar refractivity (Wildman–Crippen MR) is 47.5 cm³/mol. The van der Waals surface area contributed by atoms with Crippen molar-refractivity contribution >= 4 is 32.0 Å². The summed E-state index contributed by atoms with van der Waals surface area (Å²) in [5.74, 6) is -0.852. The topological polar surface area (TPSA) is 85.2 Å². The van der Waals surface area contributed by atoms with Crippen LogP contribution in [-0.4, -0.2) is 25.2 Å². The molecule has 0 radical (unpaired) electrons. The number of hydrogen-bond acceptors (Lipinski definition) is 7. The Morgan fingerprint density at radius 3 is 2.62 bits per heavy atom. The first-order valence-corrected chi connectivity index (χ1v) is 6.03. The first kappa shape index (κ1) is 12.1. The molecule has 1 unspecified atom stereocenters.